The number of rotatable bonds is 4. The number of nitrogens with zero attached hydrogens (tertiary/aromatic N) is 2. The molecule has 0 aliphatic carbocycles. The molecule has 5 nitrogen and oxygen atoms in total. The summed E-state index contributed by atoms with van der Waals surface area (Å²) in [6.45, 7) is 5.58. The van der Waals surface area contributed by atoms with Crippen LogP contribution in [0.3, 0.4) is 0 Å². The van der Waals surface area contributed by atoms with Crippen molar-refractivity contribution in [2.24, 2.45) is 0 Å². The molecule has 6 heteroatoms. The maximum Gasteiger partial charge on any atom is 0.317 e. The summed E-state index contributed by atoms with van der Waals surface area (Å²) in [5.74, 6) is -0.688. The van der Waals surface area contributed by atoms with Crippen LogP contribution >= 0.6 is 11.3 Å². The fourth-order valence-corrected chi connectivity index (χ4v) is 3.90. The van der Waals surface area contributed by atoms with Crippen molar-refractivity contribution in [3.8, 4) is 0 Å². The van der Waals surface area contributed by atoms with Crippen molar-refractivity contribution in [2.75, 3.05) is 26.7 Å². The monoisotopic (exact) mass is 324 g/mol. The van der Waals surface area contributed by atoms with E-state index in [2.05, 4.69) is 0 Å². The quantitative estimate of drug-likeness (QED) is 0.924. The molecular weight excluding hydrogens is 300 g/mol. The Balaban J connectivity index is 1.97. The van der Waals surface area contributed by atoms with Gasteiger partial charge in [0.05, 0.1) is 11.4 Å². The third kappa shape index (κ3) is 4.08. The number of hydrogen-bond donors (Lipinski definition) is 1. The van der Waals surface area contributed by atoms with Crippen LogP contribution in [0.5, 0.6) is 0 Å². The first-order chi connectivity index (χ1) is 10.4. The van der Waals surface area contributed by atoms with Crippen LogP contribution in [-0.4, -0.2) is 59.5 Å². The number of aliphatic carboxylic acids is 1. The zero-order valence-corrected chi connectivity index (χ0v) is 14.3. The van der Waals surface area contributed by atoms with Crippen LogP contribution in [0, 0.1) is 13.8 Å². The number of amides is 1. The summed E-state index contributed by atoms with van der Waals surface area (Å²) in [5, 5.41) is 8.90. The van der Waals surface area contributed by atoms with Crippen molar-refractivity contribution in [1.82, 2.24) is 9.80 Å². The molecule has 1 unspecified atom stereocenters. The van der Waals surface area contributed by atoms with Crippen LogP contribution in [0.1, 0.15) is 39.4 Å². The van der Waals surface area contributed by atoms with Gasteiger partial charge in [-0.1, -0.05) is 0 Å². The SMILES string of the molecule is Cc1cc(C(=O)N2CCCC(N(C)CC(=O)O)CC2)sc1C. The van der Waals surface area contributed by atoms with Crippen LogP contribution in [0.2, 0.25) is 0 Å². The first-order valence-corrected chi connectivity index (χ1v) is 8.48. The molecule has 0 aromatic carbocycles. The number of thiophene rings is 1. The van der Waals surface area contributed by atoms with E-state index < -0.39 is 5.97 Å². The Bertz CT molecular complexity index is 536. The Morgan fingerprint density at radius 2 is 2.09 bits per heavy atom. The maximum atomic E-state index is 12.6. The lowest BCUT2D eigenvalue weighted by atomic mass is 10.1. The van der Waals surface area contributed by atoms with Crippen molar-refractivity contribution in [3.05, 3.63) is 21.4 Å². The van der Waals surface area contributed by atoms with Crippen LogP contribution in [-0.2, 0) is 4.79 Å². The largest absolute Gasteiger partial charge is 0.480 e. The highest BCUT2D eigenvalue weighted by Crippen LogP contribution is 2.24. The number of carbonyl (C=O) groups is 2. The molecule has 22 heavy (non-hydrogen) atoms. The second-order valence-electron chi connectivity index (χ2n) is 6.04. The number of hydrogen-bond acceptors (Lipinski definition) is 4. The number of aryl methyl sites for hydroxylation is 2. The molecule has 1 atom stereocenters. The standard InChI is InChI=1S/C16H24N2O3S/c1-11-9-14(22-12(11)2)16(21)18-7-4-5-13(6-8-18)17(3)10-15(19)20/h9,13H,4-8,10H2,1-3H3,(H,19,20). The maximum absolute atomic E-state index is 12.6. The molecule has 0 saturated carbocycles. The zero-order valence-electron chi connectivity index (χ0n) is 13.5. The van der Waals surface area contributed by atoms with Crippen LogP contribution in [0.25, 0.3) is 0 Å². The summed E-state index contributed by atoms with van der Waals surface area (Å²) in [6, 6.07) is 2.21. The lowest BCUT2D eigenvalue weighted by Crippen LogP contribution is -2.37. The summed E-state index contributed by atoms with van der Waals surface area (Å²) in [7, 11) is 1.85. The third-order valence-electron chi connectivity index (χ3n) is 4.37. The number of likely N-dealkylation sites (tertiary alicyclic amines) is 1. The summed E-state index contributed by atoms with van der Waals surface area (Å²) in [4.78, 5) is 29.2. The molecule has 122 valence electrons. The number of carboxylic acids is 1. The van der Waals surface area contributed by atoms with Gasteiger partial charge in [-0.3, -0.25) is 14.5 Å². The van der Waals surface area contributed by atoms with Crippen LogP contribution < -0.4 is 0 Å². The Labute approximate surface area is 135 Å². The molecule has 1 saturated heterocycles. The Morgan fingerprint density at radius 3 is 2.68 bits per heavy atom. The molecule has 1 N–H and O–H groups in total. The molecule has 1 amide bonds. The first kappa shape index (κ1) is 17.0. The van der Waals surface area contributed by atoms with Crippen molar-refractivity contribution < 1.29 is 14.7 Å². The fraction of sp³-hybridized carbons (Fsp3) is 0.625. The van der Waals surface area contributed by atoms with Gasteiger partial charge >= 0.3 is 5.97 Å². The fourth-order valence-electron chi connectivity index (χ4n) is 2.90. The van der Waals surface area contributed by atoms with E-state index in [4.69, 9.17) is 5.11 Å². The van der Waals surface area contributed by atoms with Gasteiger partial charge in [-0.05, 0) is 51.8 Å². The van der Waals surface area contributed by atoms with Gasteiger partial charge in [-0.2, -0.15) is 0 Å². The Kier molecular flexibility index (Phi) is 5.58. The van der Waals surface area contributed by atoms with Crippen molar-refractivity contribution in [1.29, 1.82) is 0 Å². The van der Waals surface area contributed by atoms with Crippen molar-refractivity contribution in [3.63, 3.8) is 0 Å². The zero-order chi connectivity index (χ0) is 16.3. The molecule has 0 bridgehead atoms. The van der Waals surface area contributed by atoms with Gasteiger partial charge in [0, 0.05) is 24.0 Å². The average Bonchev–Trinajstić information content (AvgIpc) is 2.67. The van der Waals surface area contributed by atoms with E-state index in [1.807, 2.05) is 36.8 Å². The van der Waals surface area contributed by atoms with Gasteiger partial charge in [-0.15, -0.1) is 11.3 Å². The molecule has 1 aromatic rings. The van der Waals surface area contributed by atoms with E-state index in [-0.39, 0.29) is 18.5 Å². The summed E-state index contributed by atoms with van der Waals surface area (Å²) in [6.07, 6.45) is 2.69. The van der Waals surface area contributed by atoms with Gasteiger partial charge in [-0.25, -0.2) is 0 Å². The minimum atomic E-state index is -0.802. The molecule has 0 spiro atoms. The van der Waals surface area contributed by atoms with Crippen LogP contribution in [0.15, 0.2) is 6.07 Å². The lowest BCUT2D eigenvalue weighted by molar-refractivity contribution is -0.138. The highest BCUT2D eigenvalue weighted by Gasteiger charge is 2.25. The molecule has 2 heterocycles. The summed E-state index contributed by atoms with van der Waals surface area (Å²) >= 11 is 1.56. The second-order valence-corrected chi connectivity index (χ2v) is 7.29. The average molecular weight is 324 g/mol. The number of carbonyl (C=O) groups excluding carboxylic acids is 1. The van der Waals surface area contributed by atoms with Gasteiger partial charge < -0.3 is 10.0 Å². The number of likely N-dealkylation sites (N-methyl/N-ethyl adjacent to an activating group) is 1. The Morgan fingerprint density at radius 1 is 1.36 bits per heavy atom. The van der Waals surface area contributed by atoms with E-state index >= 15 is 0 Å². The van der Waals surface area contributed by atoms with E-state index in [9.17, 15) is 9.59 Å². The van der Waals surface area contributed by atoms with Gasteiger partial charge in [0.2, 0.25) is 0 Å². The third-order valence-corrected chi connectivity index (χ3v) is 5.51. The predicted molar refractivity (Wildman–Crippen MR) is 87.6 cm³/mol. The summed E-state index contributed by atoms with van der Waals surface area (Å²) in [5.41, 5.74) is 1.17. The molecule has 1 fully saturated rings. The smallest absolute Gasteiger partial charge is 0.317 e. The van der Waals surface area contributed by atoms with Crippen molar-refractivity contribution >= 4 is 23.2 Å². The normalized spacial score (nSPS) is 19.3. The second kappa shape index (κ2) is 7.24. The van der Waals surface area contributed by atoms with Crippen molar-refractivity contribution in [2.45, 2.75) is 39.2 Å². The molecule has 1 aliphatic rings. The van der Waals surface area contributed by atoms with Gasteiger partial charge in [0.15, 0.2) is 0 Å². The van der Waals surface area contributed by atoms with Gasteiger partial charge in [0.1, 0.15) is 0 Å². The predicted octanol–water partition coefficient (Wildman–Crippen LogP) is 2.38. The van der Waals surface area contributed by atoms with E-state index in [1.54, 1.807) is 11.3 Å². The first-order valence-electron chi connectivity index (χ1n) is 7.67. The minimum absolute atomic E-state index is 0.0575. The van der Waals surface area contributed by atoms with E-state index in [0.29, 0.717) is 6.54 Å². The summed E-state index contributed by atoms with van der Waals surface area (Å²) < 4.78 is 0. The molecule has 0 radical (unpaired) electrons. The van der Waals surface area contributed by atoms with Gasteiger partial charge in [0.25, 0.3) is 5.91 Å². The van der Waals surface area contributed by atoms with E-state index in [0.717, 1.165) is 30.7 Å². The molecule has 2 rings (SSSR count). The Hall–Kier alpha value is -1.40. The lowest BCUT2D eigenvalue weighted by Gasteiger charge is -2.25. The molecule has 1 aromatic heterocycles. The molecular formula is C16H24N2O3S. The topological polar surface area (TPSA) is 60.9 Å². The number of carboxylic acid groups (broad SMARTS) is 1. The van der Waals surface area contributed by atoms with Crippen LogP contribution in [0.4, 0.5) is 0 Å². The highest BCUT2D eigenvalue weighted by molar-refractivity contribution is 7.14. The molecule has 1 aliphatic heterocycles. The van der Waals surface area contributed by atoms with E-state index in [1.165, 1.54) is 10.4 Å². The highest BCUT2D eigenvalue weighted by atomic mass is 32.1. The minimum Gasteiger partial charge on any atom is -0.480 e.